The molecule has 0 amide bonds. The van der Waals surface area contributed by atoms with Gasteiger partial charge in [0.1, 0.15) is 10.4 Å². The molecule has 0 saturated carbocycles. The number of para-hydroxylation sites is 1. The van der Waals surface area contributed by atoms with Crippen LogP contribution in [0.2, 0.25) is 0 Å². The number of benzene rings is 1. The van der Waals surface area contributed by atoms with Crippen LogP contribution in [-0.4, -0.2) is 10.1 Å². The molecular weight excluding hydrogens is 280 g/mol. The second kappa shape index (κ2) is 5.19. The average Bonchev–Trinajstić information content (AvgIpc) is 2.32. The van der Waals surface area contributed by atoms with Gasteiger partial charge in [0, 0.05) is 12.1 Å². The Morgan fingerprint density at radius 2 is 2.12 bits per heavy atom. The summed E-state index contributed by atoms with van der Waals surface area (Å²) in [5.74, 6) is 0.307. The summed E-state index contributed by atoms with van der Waals surface area (Å²) < 4.78 is 0.852. The molecule has 0 aliphatic rings. The number of aromatic hydroxyl groups is 1. The maximum atomic E-state index is 9.62. The zero-order valence-corrected chi connectivity index (χ0v) is 11.0. The van der Waals surface area contributed by atoms with E-state index < -0.39 is 0 Å². The first-order valence-electron chi connectivity index (χ1n) is 5.29. The zero-order chi connectivity index (χ0) is 12.3. The number of pyridine rings is 1. The van der Waals surface area contributed by atoms with Crippen molar-refractivity contribution >= 4 is 21.6 Å². The molecule has 2 rings (SSSR count). The fourth-order valence-electron chi connectivity index (χ4n) is 1.51. The van der Waals surface area contributed by atoms with Crippen LogP contribution in [0, 0.1) is 6.92 Å². The summed E-state index contributed by atoms with van der Waals surface area (Å²) in [7, 11) is 0. The number of hydrogen-bond donors (Lipinski definition) is 2. The lowest BCUT2D eigenvalue weighted by Gasteiger charge is -2.08. The molecule has 0 saturated heterocycles. The van der Waals surface area contributed by atoms with E-state index in [4.69, 9.17) is 0 Å². The largest absolute Gasteiger partial charge is 0.508 e. The minimum atomic E-state index is 0.307. The number of rotatable bonds is 3. The Bertz CT molecular complexity index is 529. The minimum Gasteiger partial charge on any atom is -0.508 e. The van der Waals surface area contributed by atoms with Crippen molar-refractivity contribution in [2.45, 2.75) is 13.5 Å². The van der Waals surface area contributed by atoms with Crippen LogP contribution in [0.1, 0.15) is 11.1 Å². The molecule has 17 heavy (non-hydrogen) atoms. The molecular formula is C13H13BrN2O. The van der Waals surface area contributed by atoms with E-state index in [0.29, 0.717) is 12.3 Å². The number of aryl methyl sites for hydroxylation is 1. The van der Waals surface area contributed by atoms with Crippen molar-refractivity contribution in [3.63, 3.8) is 0 Å². The van der Waals surface area contributed by atoms with Gasteiger partial charge in [-0.15, -0.1) is 0 Å². The number of phenols is 1. The van der Waals surface area contributed by atoms with Crippen molar-refractivity contribution in [2.24, 2.45) is 0 Å². The molecule has 2 N–H and O–H groups in total. The monoisotopic (exact) mass is 292 g/mol. The topological polar surface area (TPSA) is 45.1 Å². The van der Waals surface area contributed by atoms with E-state index in [1.807, 2.05) is 31.2 Å². The van der Waals surface area contributed by atoms with Gasteiger partial charge in [0.25, 0.3) is 0 Å². The molecule has 0 unspecified atom stereocenters. The van der Waals surface area contributed by atoms with Crippen LogP contribution in [0.3, 0.4) is 0 Å². The van der Waals surface area contributed by atoms with E-state index >= 15 is 0 Å². The third kappa shape index (κ3) is 2.97. The molecule has 1 aromatic carbocycles. The van der Waals surface area contributed by atoms with Crippen LogP contribution in [-0.2, 0) is 6.54 Å². The minimum absolute atomic E-state index is 0.307. The first-order chi connectivity index (χ1) is 8.16. The maximum Gasteiger partial charge on any atom is 0.120 e. The van der Waals surface area contributed by atoms with Gasteiger partial charge in [0.2, 0.25) is 0 Å². The lowest BCUT2D eigenvalue weighted by Crippen LogP contribution is -2.00. The van der Waals surface area contributed by atoms with Crippen molar-refractivity contribution in [3.8, 4) is 5.75 Å². The summed E-state index contributed by atoms with van der Waals surface area (Å²) in [4.78, 5) is 4.21. The van der Waals surface area contributed by atoms with Gasteiger partial charge >= 0.3 is 0 Å². The first-order valence-corrected chi connectivity index (χ1v) is 6.09. The van der Waals surface area contributed by atoms with Crippen LogP contribution in [0.25, 0.3) is 0 Å². The van der Waals surface area contributed by atoms with Crippen LogP contribution in [0.4, 0.5) is 5.69 Å². The van der Waals surface area contributed by atoms with E-state index in [1.54, 1.807) is 12.3 Å². The number of aromatic nitrogens is 1. The van der Waals surface area contributed by atoms with Crippen LogP contribution < -0.4 is 5.32 Å². The van der Waals surface area contributed by atoms with Gasteiger partial charge in [0.05, 0.1) is 11.9 Å². The zero-order valence-electron chi connectivity index (χ0n) is 9.44. The highest BCUT2D eigenvalue weighted by molar-refractivity contribution is 9.10. The van der Waals surface area contributed by atoms with E-state index in [0.717, 1.165) is 21.4 Å². The summed E-state index contributed by atoms with van der Waals surface area (Å²) in [6.45, 7) is 2.57. The van der Waals surface area contributed by atoms with Crippen molar-refractivity contribution < 1.29 is 5.11 Å². The molecule has 3 nitrogen and oxygen atoms in total. The third-order valence-electron chi connectivity index (χ3n) is 2.49. The van der Waals surface area contributed by atoms with Gasteiger partial charge < -0.3 is 10.4 Å². The molecule has 1 heterocycles. The predicted molar refractivity (Wildman–Crippen MR) is 72.1 cm³/mol. The van der Waals surface area contributed by atoms with Crippen molar-refractivity contribution in [1.82, 2.24) is 4.98 Å². The van der Waals surface area contributed by atoms with E-state index in [9.17, 15) is 5.11 Å². The molecule has 0 aliphatic carbocycles. The normalized spacial score (nSPS) is 10.2. The quantitative estimate of drug-likeness (QED) is 0.852. The maximum absolute atomic E-state index is 9.62. The number of nitrogens with one attached hydrogen (secondary N) is 1. The number of phenolic OH excluding ortho intramolecular Hbond substituents is 1. The summed E-state index contributed by atoms with van der Waals surface area (Å²) in [5.41, 5.74) is 2.88. The SMILES string of the molecule is Cc1cc(NCc2ccccc2O)cnc1Br. The van der Waals surface area contributed by atoms with Crippen LogP contribution in [0.5, 0.6) is 5.75 Å². The smallest absolute Gasteiger partial charge is 0.120 e. The molecule has 1 aromatic heterocycles. The van der Waals surface area contributed by atoms with Gasteiger partial charge in [-0.3, -0.25) is 0 Å². The second-order valence-corrected chi connectivity index (χ2v) is 4.57. The molecule has 0 bridgehead atoms. The van der Waals surface area contributed by atoms with E-state index in [-0.39, 0.29) is 0 Å². The van der Waals surface area contributed by atoms with Crippen LogP contribution in [0.15, 0.2) is 41.1 Å². The van der Waals surface area contributed by atoms with Gasteiger partial charge in [-0.25, -0.2) is 4.98 Å². The Balaban J connectivity index is 2.08. The molecule has 0 radical (unpaired) electrons. The molecule has 0 aliphatic heterocycles. The molecule has 2 aromatic rings. The highest BCUT2D eigenvalue weighted by Crippen LogP contribution is 2.20. The predicted octanol–water partition coefficient (Wildman–Crippen LogP) is 3.47. The highest BCUT2D eigenvalue weighted by Gasteiger charge is 2.01. The van der Waals surface area contributed by atoms with E-state index in [2.05, 4.69) is 26.2 Å². The molecule has 0 spiro atoms. The summed E-state index contributed by atoms with van der Waals surface area (Å²) in [5, 5.41) is 12.9. The van der Waals surface area contributed by atoms with Gasteiger partial charge in [0.15, 0.2) is 0 Å². The third-order valence-corrected chi connectivity index (χ3v) is 3.32. The van der Waals surface area contributed by atoms with Crippen LogP contribution >= 0.6 is 15.9 Å². The Kier molecular flexibility index (Phi) is 3.64. The summed E-state index contributed by atoms with van der Waals surface area (Å²) in [6, 6.07) is 9.30. The fraction of sp³-hybridized carbons (Fsp3) is 0.154. The summed E-state index contributed by atoms with van der Waals surface area (Å²) >= 11 is 3.36. The van der Waals surface area contributed by atoms with Gasteiger partial charge in [-0.05, 0) is 40.5 Å². The number of hydrogen-bond acceptors (Lipinski definition) is 3. The Morgan fingerprint density at radius 3 is 2.82 bits per heavy atom. The Labute approximate surface area is 109 Å². The number of nitrogens with zero attached hydrogens (tertiary/aromatic N) is 1. The molecule has 0 atom stereocenters. The fourth-order valence-corrected chi connectivity index (χ4v) is 1.73. The molecule has 88 valence electrons. The molecule has 0 fully saturated rings. The average molecular weight is 293 g/mol. The van der Waals surface area contributed by atoms with Gasteiger partial charge in [-0.1, -0.05) is 18.2 Å². The van der Waals surface area contributed by atoms with E-state index in [1.165, 1.54) is 0 Å². The Morgan fingerprint density at radius 1 is 1.35 bits per heavy atom. The first kappa shape index (κ1) is 11.9. The number of halogens is 1. The highest BCUT2D eigenvalue weighted by atomic mass is 79.9. The van der Waals surface area contributed by atoms with Crippen molar-refractivity contribution in [1.29, 1.82) is 0 Å². The lowest BCUT2D eigenvalue weighted by molar-refractivity contribution is 0.469. The summed E-state index contributed by atoms with van der Waals surface area (Å²) in [6.07, 6.45) is 1.76. The second-order valence-electron chi connectivity index (χ2n) is 3.81. The molecule has 4 heteroatoms. The van der Waals surface area contributed by atoms with Crippen molar-refractivity contribution in [3.05, 3.63) is 52.3 Å². The van der Waals surface area contributed by atoms with Crippen molar-refractivity contribution in [2.75, 3.05) is 5.32 Å². The number of anilines is 1. The van der Waals surface area contributed by atoms with Gasteiger partial charge in [-0.2, -0.15) is 0 Å². The lowest BCUT2D eigenvalue weighted by atomic mass is 10.2. The Hall–Kier alpha value is -1.55. The standard InChI is InChI=1S/C13H13BrN2O/c1-9-6-11(8-16-13(9)14)15-7-10-4-2-3-5-12(10)17/h2-6,8,15,17H,7H2,1H3.